The second-order valence-corrected chi connectivity index (χ2v) is 6.40. The third kappa shape index (κ3) is 2.51. The maximum absolute atomic E-state index is 12.3. The van der Waals surface area contributed by atoms with Gasteiger partial charge in [-0.05, 0) is 37.3 Å². The molecule has 0 saturated carbocycles. The van der Waals surface area contributed by atoms with Gasteiger partial charge in [0.15, 0.2) is 5.60 Å². The van der Waals surface area contributed by atoms with E-state index < -0.39 is 5.60 Å². The molecule has 0 aliphatic carbocycles. The lowest BCUT2D eigenvalue weighted by atomic mass is 9.79. The largest absolute Gasteiger partial charge is 0.446 e. The molecule has 0 aromatic heterocycles. The van der Waals surface area contributed by atoms with Gasteiger partial charge < -0.3 is 10.1 Å². The molecular weight excluding hydrogens is 262 g/mol. The summed E-state index contributed by atoms with van der Waals surface area (Å²) >= 11 is 0. The van der Waals surface area contributed by atoms with Crippen molar-refractivity contribution in [2.75, 3.05) is 13.1 Å². The highest BCUT2D eigenvalue weighted by Crippen LogP contribution is 2.46. The molecule has 3 heteroatoms. The monoisotopic (exact) mass is 285 g/mol. The maximum atomic E-state index is 12.3. The van der Waals surface area contributed by atoms with E-state index in [1.165, 1.54) is 0 Å². The molecule has 2 aliphatic heterocycles. The predicted octanol–water partition coefficient (Wildman–Crippen LogP) is 3.16. The first-order valence-electron chi connectivity index (χ1n) is 7.85. The van der Waals surface area contributed by atoms with E-state index in [2.05, 4.69) is 31.3 Å². The van der Waals surface area contributed by atoms with Crippen molar-refractivity contribution in [2.24, 2.45) is 5.92 Å². The molecule has 0 fully saturated rings. The van der Waals surface area contributed by atoms with E-state index in [-0.39, 0.29) is 5.97 Å². The average molecular weight is 285 g/mol. The fraction of sp³-hybridized carbons (Fsp3) is 0.500. The van der Waals surface area contributed by atoms with E-state index >= 15 is 0 Å². The van der Waals surface area contributed by atoms with Gasteiger partial charge >= 0.3 is 5.97 Å². The fourth-order valence-corrected chi connectivity index (χ4v) is 3.36. The van der Waals surface area contributed by atoms with Crippen LogP contribution in [-0.4, -0.2) is 19.1 Å². The number of rotatable bonds is 4. The van der Waals surface area contributed by atoms with Crippen molar-refractivity contribution in [3.63, 3.8) is 0 Å². The van der Waals surface area contributed by atoms with E-state index in [4.69, 9.17) is 4.74 Å². The highest BCUT2D eigenvalue weighted by atomic mass is 16.6. The van der Waals surface area contributed by atoms with Crippen molar-refractivity contribution in [3.8, 4) is 0 Å². The molecule has 1 N–H and O–H groups in total. The summed E-state index contributed by atoms with van der Waals surface area (Å²) in [4.78, 5) is 12.3. The van der Waals surface area contributed by atoms with Crippen molar-refractivity contribution in [1.29, 1.82) is 0 Å². The van der Waals surface area contributed by atoms with Crippen LogP contribution in [0.15, 0.2) is 41.5 Å². The van der Waals surface area contributed by atoms with Crippen LogP contribution in [0.1, 0.15) is 38.7 Å². The molecule has 0 spiro atoms. The number of esters is 1. The number of hydrogen-bond acceptors (Lipinski definition) is 3. The molecule has 1 atom stereocenters. The Balaban J connectivity index is 2.05. The Labute approximate surface area is 126 Å². The summed E-state index contributed by atoms with van der Waals surface area (Å²) in [5, 5.41) is 3.40. The molecule has 21 heavy (non-hydrogen) atoms. The van der Waals surface area contributed by atoms with Crippen LogP contribution < -0.4 is 5.32 Å². The lowest BCUT2D eigenvalue weighted by Crippen LogP contribution is -2.36. The minimum Gasteiger partial charge on any atom is -0.446 e. The van der Waals surface area contributed by atoms with Gasteiger partial charge in [0.1, 0.15) is 0 Å². The van der Waals surface area contributed by atoms with Crippen LogP contribution in [0.5, 0.6) is 0 Å². The lowest BCUT2D eigenvalue weighted by molar-refractivity contribution is -0.148. The molecule has 1 aromatic rings. The third-order valence-corrected chi connectivity index (χ3v) is 4.53. The molecular formula is C18H23NO2. The Bertz CT molecular complexity index is 562. The van der Waals surface area contributed by atoms with E-state index in [0.29, 0.717) is 5.92 Å². The molecule has 0 amide bonds. The summed E-state index contributed by atoms with van der Waals surface area (Å²) in [7, 11) is 0. The quantitative estimate of drug-likeness (QED) is 0.864. The number of benzene rings is 1. The first-order valence-corrected chi connectivity index (χ1v) is 7.85. The zero-order valence-electron chi connectivity index (χ0n) is 12.8. The van der Waals surface area contributed by atoms with Gasteiger partial charge in [-0.1, -0.05) is 44.2 Å². The average Bonchev–Trinajstić information content (AvgIpc) is 2.80. The highest BCUT2D eigenvalue weighted by molar-refractivity contribution is 5.93. The topological polar surface area (TPSA) is 38.3 Å². The lowest BCUT2D eigenvalue weighted by Gasteiger charge is -2.33. The Hall–Kier alpha value is -1.61. The number of nitrogens with one attached hydrogen (secondary N) is 1. The Morgan fingerprint density at radius 1 is 1.29 bits per heavy atom. The van der Waals surface area contributed by atoms with Gasteiger partial charge in [0.2, 0.25) is 0 Å². The van der Waals surface area contributed by atoms with Gasteiger partial charge in [-0.15, -0.1) is 0 Å². The summed E-state index contributed by atoms with van der Waals surface area (Å²) in [5.41, 5.74) is 2.62. The molecule has 1 aromatic carbocycles. The van der Waals surface area contributed by atoms with Gasteiger partial charge in [-0.3, -0.25) is 0 Å². The molecule has 3 rings (SSSR count). The molecule has 3 nitrogen and oxygen atoms in total. The minimum absolute atomic E-state index is 0.112. The zero-order chi connectivity index (χ0) is 14.9. The number of cyclic esters (lactones) is 1. The molecule has 0 saturated heterocycles. The van der Waals surface area contributed by atoms with Gasteiger partial charge in [0, 0.05) is 17.7 Å². The van der Waals surface area contributed by atoms with Gasteiger partial charge in [0.25, 0.3) is 0 Å². The minimum atomic E-state index is -0.550. The summed E-state index contributed by atoms with van der Waals surface area (Å²) in [6, 6.07) is 10.2. The van der Waals surface area contributed by atoms with Crippen molar-refractivity contribution >= 4 is 5.97 Å². The smallest absolute Gasteiger partial charge is 0.335 e. The second-order valence-electron chi connectivity index (χ2n) is 6.40. The summed E-state index contributed by atoms with van der Waals surface area (Å²) in [5.74, 6) is 0.476. The van der Waals surface area contributed by atoms with Crippen molar-refractivity contribution in [2.45, 2.75) is 38.7 Å². The van der Waals surface area contributed by atoms with Gasteiger partial charge in [0.05, 0.1) is 0 Å². The van der Waals surface area contributed by atoms with E-state index in [1.54, 1.807) is 0 Å². The number of carbonyl (C=O) groups is 1. The summed E-state index contributed by atoms with van der Waals surface area (Å²) < 4.78 is 5.98. The predicted molar refractivity (Wildman–Crippen MR) is 82.8 cm³/mol. The maximum Gasteiger partial charge on any atom is 0.335 e. The highest BCUT2D eigenvalue weighted by Gasteiger charge is 2.48. The van der Waals surface area contributed by atoms with Crippen molar-refractivity contribution < 1.29 is 9.53 Å². The van der Waals surface area contributed by atoms with Crippen LogP contribution in [0, 0.1) is 5.92 Å². The molecule has 112 valence electrons. The van der Waals surface area contributed by atoms with Crippen LogP contribution in [0.3, 0.4) is 0 Å². The molecule has 0 radical (unpaired) electrons. The van der Waals surface area contributed by atoms with Crippen molar-refractivity contribution in [1.82, 2.24) is 5.32 Å². The third-order valence-electron chi connectivity index (χ3n) is 4.53. The number of ether oxygens (including phenoxy) is 1. The van der Waals surface area contributed by atoms with Gasteiger partial charge in [-0.2, -0.15) is 0 Å². The Kier molecular flexibility index (Phi) is 3.85. The van der Waals surface area contributed by atoms with Gasteiger partial charge in [-0.25, -0.2) is 4.79 Å². The first kappa shape index (κ1) is 14.3. The molecule has 0 bridgehead atoms. The summed E-state index contributed by atoms with van der Waals surface area (Å²) in [6.45, 7) is 6.05. The normalized spacial score (nSPS) is 25.2. The van der Waals surface area contributed by atoms with Crippen LogP contribution in [0.2, 0.25) is 0 Å². The zero-order valence-corrected chi connectivity index (χ0v) is 12.8. The Morgan fingerprint density at radius 3 is 2.76 bits per heavy atom. The van der Waals surface area contributed by atoms with E-state index in [0.717, 1.165) is 49.1 Å². The SMILES string of the molecule is CC(C)CCC1(c2ccccc2)OC(=O)C2=C1CNCC2. The standard InChI is InChI=1S/C18H23NO2/c1-13(2)8-10-18(14-6-4-3-5-7-14)16-12-19-11-9-15(16)17(20)21-18/h3-7,13,19H,8-12H2,1-2H3. The first-order chi connectivity index (χ1) is 10.1. The fourth-order valence-electron chi connectivity index (χ4n) is 3.36. The van der Waals surface area contributed by atoms with E-state index in [1.807, 2.05) is 18.2 Å². The van der Waals surface area contributed by atoms with Crippen LogP contribution in [0.4, 0.5) is 0 Å². The van der Waals surface area contributed by atoms with Crippen LogP contribution in [-0.2, 0) is 15.1 Å². The second kappa shape index (κ2) is 5.64. The summed E-state index contributed by atoms with van der Waals surface area (Å²) in [6.07, 6.45) is 2.68. The number of carbonyl (C=O) groups excluding carboxylic acids is 1. The van der Waals surface area contributed by atoms with Crippen molar-refractivity contribution in [3.05, 3.63) is 47.0 Å². The van der Waals surface area contributed by atoms with Crippen LogP contribution >= 0.6 is 0 Å². The van der Waals surface area contributed by atoms with E-state index in [9.17, 15) is 4.79 Å². The molecule has 1 unspecified atom stereocenters. The molecule has 2 aliphatic rings. The Morgan fingerprint density at radius 2 is 2.05 bits per heavy atom. The number of hydrogen-bond donors (Lipinski definition) is 1. The molecule has 2 heterocycles. The van der Waals surface area contributed by atoms with Crippen LogP contribution in [0.25, 0.3) is 0 Å².